The summed E-state index contributed by atoms with van der Waals surface area (Å²) in [6.45, 7) is 3.58. The number of amides is 1. The number of carbonyl (C=O) groups excluding carboxylic acids is 1. The molecule has 1 unspecified atom stereocenters. The quantitative estimate of drug-likeness (QED) is 0.864. The molecule has 0 spiro atoms. The van der Waals surface area contributed by atoms with Crippen LogP contribution in [0.5, 0.6) is 0 Å². The van der Waals surface area contributed by atoms with Crippen LogP contribution in [-0.4, -0.2) is 50.9 Å². The highest BCUT2D eigenvalue weighted by Gasteiger charge is 2.34. The molecule has 2 aromatic heterocycles. The number of carbonyl (C=O) groups is 1. The number of furan rings is 1. The molecule has 26 heavy (non-hydrogen) atoms. The van der Waals surface area contributed by atoms with Gasteiger partial charge in [0, 0.05) is 19.5 Å². The van der Waals surface area contributed by atoms with Crippen molar-refractivity contribution in [3.63, 3.8) is 0 Å². The van der Waals surface area contributed by atoms with Gasteiger partial charge in [0.1, 0.15) is 29.7 Å². The molecule has 3 heterocycles. The second kappa shape index (κ2) is 7.10. The fraction of sp³-hybridized carbons (Fsp3) is 0.562. The van der Waals surface area contributed by atoms with E-state index in [9.17, 15) is 18.0 Å². The average molecular weight is 371 g/mol. The molecule has 0 saturated carbocycles. The minimum Gasteiger partial charge on any atom is -0.465 e. The van der Waals surface area contributed by atoms with Crippen molar-refractivity contribution < 1.29 is 22.4 Å². The average Bonchev–Trinajstić information content (AvgIpc) is 3.07. The summed E-state index contributed by atoms with van der Waals surface area (Å²) >= 11 is 0. The number of piperazine rings is 1. The fourth-order valence-electron chi connectivity index (χ4n) is 3.06. The van der Waals surface area contributed by atoms with Gasteiger partial charge in [0.25, 0.3) is 0 Å². The lowest BCUT2D eigenvalue weighted by atomic mass is 10.1. The Morgan fingerprint density at radius 1 is 1.35 bits per heavy atom. The topological polar surface area (TPSA) is 76.2 Å². The van der Waals surface area contributed by atoms with Gasteiger partial charge in [-0.25, -0.2) is 9.67 Å². The largest absolute Gasteiger partial charge is 0.465 e. The zero-order valence-corrected chi connectivity index (χ0v) is 14.5. The Bertz CT molecular complexity index is 783. The van der Waals surface area contributed by atoms with Crippen molar-refractivity contribution in [2.24, 2.45) is 0 Å². The van der Waals surface area contributed by atoms with Crippen LogP contribution in [0.3, 0.4) is 0 Å². The molecule has 1 fully saturated rings. The van der Waals surface area contributed by atoms with Crippen molar-refractivity contribution in [1.82, 2.24) is 25.0 Å². The van der Waals surface area contributed by atoms with Gasteiger partial charge in [-0.15, -0.1) is 0 Å². The first-order valence-corrected chi connectivity index (χ1v) is 8.25. The van der Waals surface area contributed by atoms with E-state index in [1.807, 2.05) is 24.0 Å². The van der Waals surface area contributed by atoms with Crippen LogP contribution in [0.4, 0.5) is 13.2 Å². The Morgan fingerprint density at radius 2 is 2.12 bits per heavy atom. The van der Waals surface area contributed by atoms with Crippen LogP contribution in [0.15, 0.2) is 16.5 Å². The van der Waals surface area contributed by atoms with Crippen LogP contribution in [0, 0.1) is 13.8 Å². The van der Waals surface area contributed by atoms with Gasteiger partial charge < -0.3 is 9.73 Å². The predicted octanol–water partition coefficient (Wildman–Crippen LogP) is 1.59. The summed E-state index contributed by atoms with van der Waals surface area (Å²) in [4.78, 5) is 18.3. The molecule has 1 atom stereocenters. The molecule has 1 N–H and O–H groups in total. The lowest BCUT2D eigenvalue weighted by molar-refractivity contribution is -0.143. The number of nitrogens with zero attached hydrogens (tertiary/aromatic N) is 4. The van der Waals surface area contributed by atoms with Crippen molar-refractivity contribution in [3.05, 3.63) is 35.3 Å². The summed E-state index contributed by atoms with van der Waals surface area (Å²) in [6.07, 6.45) is -4.36. The Labute approximate surface area is 148 Å². The zero-order valence-electron chi connectivity index (χ0n) is 14.5. The highest BCUT2D eigenvalue weighted by Crippen LogP contribution is 2.20. The third kappa shape index (κ3) is 4.43. The third-order valence-corrected chi connectivity index (χ3v) is 4.16. The molecule has 1 saturated heterocycles. The van der Waals surface area contributed by atoms with Crippen LogP contribution in [-0.2, 0) is 24.3 Å². The van der Waals surface area contributed by atoms with Gasteiger partial charge in [-0.05, 0) is 26.0 Å². The van der Waals surface area contributed by atoms with Crippen molar-refractivity contribution in [2.75, 3.05) is 13.1 Å². The summed E-state index contributed by atoms with van der Waals surface area (Å²) in [5.74, 6) is 1.61. The molecule has 7 nitrogen and oxygen atoms in total. The van der Waals surface area contributed by atoms with Crippen LogP contribution < -0.4 is 5.32 Å². The molecular weight excluding hydrogens is 351 g/mol. The van der Waals surface area contributed by atoms with E-state index in [2.05, 4.69) is 15.4 Å². The molecule has 0 aliphatic carbocycles. The van der Waals surface area contributed by atoms with Crippen LogP contribution in [0.1, 0.15) is 23.2 Å². The Kier molecular flexibility index (Phi) is 5.03. The van der Waals surface area contributed by atoms with Crippen molar-refractivity contribution >= 4 is 5.91 Å². The smallest absolute Gasteiger partial charge is 0.408 e. The van der Waals surface area contributed by atoms with Crippen LogP contribution >= 0.6 is 0 Å². The third-order valence-electron chi connectivity index (χ3n) is 4.16. The van der Waals surface area contributed by atoms with Gasteiger partial charge in [0.15, 0.2) is 0 Å². The maximum Gasteiger partial charge on any atom is 0.408 e. The number of aryl methyl sites for hydroxylation is 2. The molecule has 1 aliphatic heterocycles. The molecule has 10 heteroatoms. The van der Waals surface area contributed by atoms with Crippen molar-refractivity contribution in [3.8, 4) is 0 Å². The summed E-state index contributed by atoms with van der Waals surface area (Å²) < 4.78 is 44.7. The second-order valence-electron chi connectivity index (χ2n) is 6.34. The van der Waals surface area contributed by atoms with Gasteiger partial charge in [-0.2, -0.15) is 18.3 Å². The number of halogens is 3. The lowest BCUT2D eigenvalue weighted by Gasteiger charge is -2.34. The Balaban J connectivity index is 1.80. The first kappa shape index (κ1) is 18.4. The summed E-state index contributed by atoms with van der Waals surface area (Å²) in [7, 11) is 0. The van der Waals surface area contributed by atoms with E-state index in [1.54, 1.807) is 0 Å². The van der Waals surface area contributed by atoms with E-state index in [0.717, 1.165) is 10.4 Å². The fourth-order valence-corrected chi connectivity index (χ4v) is 3.06. The van der Waals surface area contributed by atoms with E-state index in [-0.39, 0.29) is 24.0 Å². The first-order chi connectivity index (χ1) is 12.2. The van der Waals surface area contributed by atoms with Gasteiger partial charge in [0.2, 0.25) is 5.91 Å². The number of alkyl halides is 3. The van der Waals surface area contributed by atoms with E-state index in [4.69, 9.17) is 4.42 Å². The van der Waals surface area contributed by atoms with Crippen molar-refractivity contribution in [2.45, 2.75) is 45.6 Å². The van der Waals surface area contributed by atoms with Gasteiger partial charge >= 0.3 is 6.18 Å². The normalized spacial score (nSPS) is 19.0. The molecule has 1 amide bonds. The van der Waals surface area contributed by atoms with E-state index < -0.39 is 18.8 Å². The first-order valence-electron chi connectivity index (χ1n) is 8.25. The maximum absolute atomic E-state index is 12.8. The molecule has 0 bridgehead atoms. The number of rotatable bonds is 5. The Morgan fingerprint density at radius 3 is 2.77 bits per heavy atom. The van der Waals surface area contributed by atoms with E-state index in [0.29, 0.717) is 25.4 Å². The van der Waals surface area contributed by atoms with E-state index >= 15 is 0 Å². The highest BCUT2D eigenvalue weighted by molar-refractivity contribution is 5.82. The molecule has 1 aliphatic rings. The predicted molar refractivity (Wildman–Crippen MR) is 85.2 cm³/mol. The van der Waals surface area contributed by atoms with Crippen LogP contribution in [0.25, 0.3) is 0 Å². The lowest BCUT2D eigenvalue weighted by Crippen LogP contribution is -2.55. The van der Waals surface area contributed by atoms with Crippen molar-refractivity contribution in [1.29, 1.82) is 0 Å². The second-order valence-corrected chi connectivity index (χ2v) is 6.34. The summed E-state index contributed by atoms with van der Waals surface area (Å²) in [6, 6.07) is 3.03. The standard InChI is InChI=1S/C16H20F3N5O2/c1-10-3-4-12(26-10)8-23-6-5-20-15(25)13(23)7-14-21-11(2)22-24(14)9-16(17,18)19/h3-4,13H,5-9H2,1-2H3,(H,20,25). The summed E-state index contributed by atoms with van der Waals surface area (Å²) in [5, 5.41) is 6.57. The number of hydrogen-bond acceptors (Lipinski definition) is 5. The number of nitrogens with one attached hydrogen (secondary N) is 1. The SMILES string of the molecule is Cc1nc(CC2C(=O)NCCN2Cc2ccc(C)o2)n(CC(F)(F)F)n1. The summed E-state index contributed by atoms with van der Waals surface area (Å²) in [5.41, 5.74) is 0. The number of aromatic nitrogens is 3. The van der Waals surface area contributed by atoms with Crippen LogP contribution in [0.2, 0.25) is 0 Å². The van der Waals surface area contributed by atoms with Gasteiger partial charge in [0.05, 0.1) is 12.6 Å². The minimum atomic E-state index is -4.41. The van der Waals surface area contributed by atoms with Gasteiger partial charge in [-0.3, -0.25) is 9.69 Å². The molecule has 3 rings (SSSR count). The highest BCUT2D eigenvalue weighted by atomic mass is 19.4. The Hall–Kier alpha value is -2.36. The molecule has 0 aromatic carbocycles. The zero-order chi connectivity index (χ0) is 18.9. The molecule has 142 valence electrons. The molecule has 2 aromatic rings. The maximum atomic E-state index is 12.8. The number of hydrogen-bond donors (Lipinski definition) is 1. The van der Waals surface area contributed by atoms with E-state index in [1.165, 1.54) is 6.92 Å². The molecule has 0 radical (unpaired) electrons. The van der Waals surface area contributed by atoms with Gasteiger partial charge in [-0.1, -0.05) is 0 Å². The monoisotopic (exact) mass is 371 g/mol. The minimum absolute atomic E-state index is 0.0441. The molecular formula is C16H20F3N5O2.